The van der Waals surface area contributed by atoms with E-state index in [4.69, 9.17) is 0 Å². The first kappa shape index (κ1) is 14.6. The molecule has 0 radical (unpaired) electrons. The summed E-state index contributed by atoms with van der Waals surface area (Å²) >= 11 is 0. The van der Waals surface area contributed by atoms with Crippen molar-refractivity contribution in [3.8, 4) is 0 Å². The van der Waals surface area contributed by atoms with Gasteiger partial charge < -0.3 is 10.6 Å². The van der Waals surface area contributed by atoms with Gasteiger partial charge in [0.15, 0.2) is 0 Å². The molecule has 0 unspecified atom stereocenters. The molecule has 0 aliphatic carbocycles. The molecule has 0 aromatic heterocycles. The quantitative estimate of drug-likeness (QED) is 0.841. The number of benzene rings is 1. The Morgan fingerprint density at radius 2 is 1.89 bits per heavy atom. The van der Waals surface area contributed by atoms with Crippen LogP contribution in [-0.2, 0) is 4.79 Å². The van der Waals surface area contributed by atoms with Crippen LogP contribution in [0, 0.1) is 19.8 Å². The van der Waals surface area contributed by atoms with Gasteiger partial charge in [0.2, 0.25) is 5.91 Å². The second-order valence-corrected chi connectivity index (χ2v) is 5.32. The minimum Gasteiger partial charge on any atom is -0.374 e. The van der Waals surface area contributed by atoms with Gasteiger partial charge in [0.25, 0.3) is 0 Å². The predicted octanol–water partition coefficient (Wildman–Crippen LogP) is 2.88. The van der Waals surface area contributed by atoms with E-state index in [1.54, 1.807) is 0 Å². The summed E-state index contributed by atoms with van der Waals surface area (Å²) in [6, 6.07) is 5.97. The van der Waals surface area contributed by atoms with E-state index in [-0.39, 0.29) is 11.9 Å². The highest BCUT2D eigenvalue weighted by atomic mass is 16.2. The smallest absolute Gasteiger partial charge is 0.242 e. The van der Waals surface area contributed by atoms with Crippen LogP contribution in [-0.4, -0.2) is 18.5 Å². The minimum atomic E-state index is -0.217. The van der Waals surface area contributed by atoms with Gasteiger partial charge in [-0.2, -0.15) is 0 Å². The molecule has 100 valence electrons. The van der Waals surface area contributed by atoms with Crippen molar-refractivity contribution >= 4 is 11.6 Å². The van der Waals surface area contributed by atoms with Crippen molar-refractivity contribution in [1.82, 2.24) is 5.32 Å². The van der Waals surface area contributed by atoms with E-state index in [1.807, 2.05) is 26.0 Å². The molecule has 0 aliphatic heterocycles. The molecule has 0 heterocycles. The molecule has 0 saturated carbocycles. The van der Waals surface area contributed by atoms with Crippen molar-refractivity contribution < 1.29 is 4.79 Å². The maximum Gasteiger partial charge on any atom is 0.242 e. The van der Waals surface area contributed by atoms with Gasteiger partial charge in [-0.05, 0) is 38.3 Å². The van der Waals surface area contributed by atoms with Gasteiger partial charge in [0.1, 0.15) is 6.04 Å². The highest BCUT2D eigenvalue weighted by Gasteiger charge is 2.13. The largest absolute Gasteiger partial charge is 0.374 e. The summed E-state index contributed by atoms with van der Waals surface area (Å²) in [7, 11) is 0. The van der Waals surface area contributed by atoms with E-state index in [1.165, 1.54) is 11.1 Å². The molecule has 0 spiro atoms. The number of hydrogen-bond acceptors (Lipinski definition) is 2. The molecule has 3 heteroatoms. The lowest BCUT2D eigenvalue weighted by molar-refractivity contribution is -0.121. The summed E-state index contributed by atoms with van der Waals surface area (Å²) in [6.45, 7) is 10.9. The van der Waals surface area contributed by atoms with Gasteiger partial charge in [0.05, 0.1) is 0 Å². The SMILES string of the molecule is Cc1ccc(N[C@H](C)C(=O)NCC(C)C)c(C)c1. The molecule has 1 atom stereocenters. The molecule has 1 amide bonds. The first-order valence-corrected chi connectivity index (χ1v) is 6.51. The summed E-state index contributed by atoms with van der Waals surface area (Å²) in [5.74, 6) is 0.519. The molecular weight excluding hydrogens is 224 g/mol. The summed E-state index contributed by atoms with van der Waals surface area (Å²) in [4.78, 5) is 11.9. The molecule has 18 heavy (non-hydrogen) atoms. The Morgan fingerprint density at radius 3 is 2.44 bits per heavy atom. The fourth-order valence-electron chi connectivity index (χ4n) is 1.73. The summed E-state index contributed by atoms with van der Waals surface area (Å²) in [5, 5.41) is 6.18. The third-order valence-electron chi connectivity index (χ3n) is 2.83. The number of rotatable bonds is 5. The first-order chi connectivity index (χ1) is 8.40. The van der Waals surface area contributed by atoms with Crippen molar-refractivity contribution in [2.75, 3.05) is 11.9 Å². The highest BCUT2D eigenvalue weighted by Crippen LogP contribution is 2.16. The van der Waals surface area contributed by atoms with E-state index in [2.05, 4.69) is 37.5 Å². The van der Waals surface area contributed by atoms with Gasteiger partial charge in [0, 0.05) is 12.2 Å². The first-order valence-electron chi connectivity index (χ1n) is 6.51. The van der Waals surface area contributed by atoms with Crippen LogP contribution in [0.3, 0.4) is 0 Å². The van der Waals surface area contributed by atoms with E-state index in [9.17, 15) is 4.79 Å². The monoisotopic (exact) mass is 248 g/mol. The van der Waals surface area contributed by atoms with Crippen LogP contribution < -0.4 is 10.6 Å². The number of nitrogens with one attached hydrogen (secondary N) is 2. The summed E-state index contributed by atoms with van der Waals surface area (Å²) in [5.41, 5.74) is 3.42. The van der Waals surface area contributed by atoms with Gasteiger partial charge in [-0.3, -0.25) is 4.79 Å². The topological polar surface area (TPSA) is 41.1 Å². The van der Waals surface area contributed by atoms with Crippen molar-refractivity contribution in [3.05, 3.63) is 29.3 Å². The second kappa shape index (κ2) is 6.43. The van der Waals surface area contributed by atoms with Crippen LogP contribution in [0.4, 0.5) is 5.69 Å². The van der Waals surface area contributed by atoms with Gasteiger partial charge in [-0.1, -0.05) is 31.5 Å². The average molecular weight is 248 g/mol. The number of carbonyl (C=O) groups is 1. The van der Waals surface area contributed by atoms with Crippen LogP contribution in [0.1, 0.15) is 31.9 Å². The van der Waals surface area contributed by atoms with Gasteiger partial charge in [-0.15, -0.1) is 0 Å². The molecule has 2 N–H and O–H groups in total. The number of hydrogen-bond donors (Lipinski definition) is 2. The molecule has 1 aromatic carbocycles. The summed E-state index contributed by atoms with van der Waals surface area (Å²) in [6.07, 6.45) is 0. The van der Waals surface area contributed by atoms with Crippen LogP contribution in [0.25, 0.3) is 0 Å². The Labute approximate surface area is 110 Å². The summed E-state index contributed by atoms with van der Waals surface area (Å²) < 4.78 is 0. The van der Waals surface area contributed by atoms with Crippen molar-refractivity contribution in [3.63, 3.8) is 0 Å². The van der Waals surface area contributed by atoms with Crippen molar-refractivity contribution in [2.45, 2.75) is 40.7 Å². The molecule has 3 nitrogen and oxygen atoms in total. The highest BCUT2D eigenvalue weighted by molar-refractivity contribution is 5.84. The number of aryl methyl sites for hydroxylation is 2. The normalized spacial score (nSPS) is 12.3. The Hall–Kier alpha value is -1.51. The fourth-order valence-corrected chi connectivity index (χ4v) is 1.73. The lowest BCUT2D eigenvalue weighted by atomic mass is 10.1. The Kier molecular flexibility index (Phi) is 5.20. The lowest BCUT2D eigenvalue weighted by Crippen LogP contribution is -2.39. The molecule has 0 fully saturated rings. The van der Waals surface area contributed by atoms with Crippen molar-refractivity contribution in [2.24, 2.45) is 5.92 Å². The van der Waals surface area contributed by atoms with E-state index in [0.717, 1.165) is 12.2 Å². The Balaban J connectivity index is 2.58. The predicted molar refractivity (Wildman–Crippen MR) is 76.8 cm³/mol. The molecule has 1 rings (SSSR count). The van der Waals surface area contributed by atoms with Gasteiger partial charge in [-0.25, -0.2) is 0 Å². The minimum absolute atomic E-state index is 0.0451. The maximum absolute atomic E-state index is 11.9. The van der Waals surface area contributed by atoms with E-state index >= 15 is 0 Å². The number of carbonyl (C=O) groups excluding carboxylic acids is 1. The second-order valence-electron chi connectivity index (χ2n) is 5.32. The lowest BCUT2D eigenvalue weighted by Gasteiger charge is -2.18. The molecule has 1 aromatic rings. The molecule has 0 bridgehead atoms. The third kappa shape index (κ3) is 4.40. The van der Waals surface area contributed by atoms with Crippen LogP contribution in [0.5, 0.6) is 0 Å². The zero-order valence-corrected chi connectivity index (χ0v) is 12.0. The zero-order chi connectivity index (χ0) is 13.7. The fraction of sp³-hybridized carbons (Fsp3) is 0.533. The van der Waals surface area contributed by atoms with Gasteiger partial charge >= 0.3 is 0 Å². The standard InChI is InChI=1S/C15H24N2O/c1-10(2)9-16-15(18)13(5)17-14-7-6-11(3)8-12(14)4/h6-8,10,13,17H,9H2,1-5H3,(H,16,18)/t13-/m1/s1. The van der Waals surface area contributed by atoms with Crippen LogP contribution in [0.15, 0.2) is 18.2 Å². The maximum atomic E-state index is 11.9. The third-order valence-corrected chi connectivity index (χ3v) is 2.83. The average Bonchev–Trinajstić information content (AvgIpc) is 2.29. The van der Waals surface area contributed by atoms with Crippen LogP contribution >= 0.6 is 0 Å². The number of anilines is 1. The van der Waals surface area contributed by atoms with Crippen molar-refractivity contribution in [1.29, 1.82) is 0 Å². The number of amides is 1. The van der Waals surface area contributed by atoms with Crippen LogP contribution in [0.2, 0.25) is 0 Å². The molecular formula is C15H24N2O. The Bertz CT molecular complexity index is 413. The molecule has 0 aliphatic rings. The Morgan fingerprint density at radius 1 is 1.22 bits per heavy atom. The van der Waals surface area contributed by atoms with E-state index < -0.39 is 0 Å². The zero-order valence-electron chi connectivity index (χ0n) is 12.0. The molecule has 0 saturated heterocycles. The van der Waals surface area contributed by atoms with E-state index in [0.29, 0.717) is 5.92 Å².